The Morgan fingerprint density at radius 1 is 1.20 bits per heavy atom. The van der Waals surface area contributed by atoms with Crippen molar-refractivity contribution in [2.45, 2.75) is 69.3 Å². The summed E-state index contributed by atoms with van der Waals surface area (Å²) >= 11 is 6.03. The molecule has 4 N–H and O–H groups in total. The Morgan fingerprint density at radius 3 is 2.51 bits per heavy atom. The lowest BCUT2D eigenvalue weighted by atomic mass is 9.77. The van der Waals surface area contributed by atoms with Crippen LogP contribution in [0.15, 0.2) is 54.6 Å². The van der Waals surface area contributed by atoms with E-state index >= 15 is 4.39 Å². The maximum Gasteiger partial charge on any atom is 0.387 e. The number of carbonyl (C=O) groups is 1. The van der Waals surface area contributed by atoms with Crippen molar-refractivity contribution >= 4 is 17.5 Å². The summed E-state index contributed by atoms with van der Waals surface area (Å²) in [5.74, 6) is -2.97. The van der Waals surface area contributed by atoms with E-state index < -0.39 is 40.3 Å². The third kappa shape index (κ3) is 5.50. The summed E-state index contributed by atoms with van der Waals surface area (Å²) in [4.78, 5) is 12.4. The molecular formula is C31H32ClF3N2O4. The van der Waals surface area contributed by atoms with Gasteiger partial charge in [-0.15, -0.1) is 0 Å². The molecule has 1 amide bonds. The van der Waals surface area contributed by atoms with E-state index in [1.54, 1.807) is 18.2 Å². The number of hydrogen-bond acceptors (Lipinski definition) is 5. The van der Waals surface area contributed by atoms with E-state index in [1.165, 1.54) is 0 Å². The van der Waals surface area contributed by atoms with Gasteiger partial charge >= 0.3 is 6.61 Å². The zero-order valence-corrected chi connectivity index (χ0v) is 23.5. The lowest BCUT2D eigenvalue weighted by molar-refractivity contribution is -0.0520. The highest BCUT2D eigenvalue weighted by Crippen LogP contribution is 2.54. The predicted octanol–water partition coefficient (Wildman–Crippen LogP) is 6.52. The number of fused-ring (bicyclic) bond motifs is 1. The minimum absolute atomic E-state index is 0.166. The number of carbonyl (C=O) groups excluding carboxylic acids is 1. The van der Waals surface area contributed by atoms with Gasteiger partial charge in [-0.25, -0.2) is 4.39 Å². The SMILES string of the molecule is C[C@H]1c2c(cccc2-c2c(C(N)=O)cc(Cl)c(OC(F)F)c2F)O[C@]1(CNC1CCC(C)(O)CC1)c1ccccc1. The van der Waals surface area contributed by atoms with Crippen molar-refractivity contribution in [3.8, 4) is 22.6 Å². The first-order valence-corrected chi connectivity index (χ1v) is 13.9. The predicted molar refractivity (Wildman–Crippen MR) is 150 cm³/mol. The molecule has 2 atom stereocenters. The summed E-state index contributed by atoms with van der Waals surface area (Å²) < 4.78 is 53.3. The van der Waals surface area contributed by atoms with Crippen LogP contribution in [0.3, 0.4) is 0 Å². The summed E-state index contributed by atoms with van der Waals surface area (Å²) in [6.45, 7) is 0.871. The van der Waals surface area contributed by atoms with E-state index in [2.05, 4.69) is 10.1 Å². The normalized spacial score (nSPS) is 25.6. The second kappa shape index (κ2) is 11.2. The maximum atomic E-state index is 15.9. The van der Waals surface area contributed by atoms with Gasteiger partial charge in [0.1, 0.15) is 5.75 Å². The molecule has 0 bridgehead atoms. The van der Waals surface area contributed by atoms with E-state index in [1.807, 2.05) is 44.2 Å². The molecule has 218 valence electrons. The fourth-order valence-corrected chi connectivity index (χ4v) is 6.37. The number of nitrogens with one attached hydrogen (secondary N) is 1. The van der Waals surface area contributed by atoms with Crippen LogP contribution in [0.4, 0.5) is 13.2 Å². The van der Waals surface area contributed by atoms with Gasteiger partial charge in [0, 0.05) is 29.6 Å². The largest absolute Gasteiger partial charge is 0.480 e. The molecule has 0 unspecified atom stereocenters. The van der Waals surface area contributed by atoms with E-state index in [0.717, 1.165) is 24.5 Å². The first-order chi connectivity index (χ1) is 19.4. The van der Waals surface area contributed by atoms with Crippen LogP contribution in [0.2, 0.25) is 5.02 Å². The second-order valence-electron chi connectivity index (χ2n) is 11.1. The van der Waals surface area contributed by atoms with Crippen molar-refractivity contribution in [2.24, 2.45) is 5.73 Å². The highest BCUT2D eigenvalue weighted by Gasteiger charge is 2.49. The van der Waals surface area contributed by atoms with E-state index in [-0.39, 0.29) is 28.7 Å². The summed E-state index contributed by atoms with van der Waals surface area (Å²) in [5, 5.41) is 13.5. The molecule has 1 aliphatic heterocycles. The van der Waals surface area contributed by atoms with Gasteiger partial charge in [0.05, 0.1) is 16.2 Å². The maximum absolute atomic E-state index is 15.9. The fraction of sp³-hybridized carbons (Fsp3) is 0.387. The smallest absolute Gasteiger partial charge is 0.387 e. The number of alkyl halides is 2. The van der Waals surface area contributed by atoms with Crippen molar-refractivity contribution in [2.75, 3.05) is 6.54 Å². The van der Waals surface area contributed by atoms with Gasteiger partial charge in [-0.05, 0) is 55.9 Å². The number of rotatable bonds is 8. The molecular weight excluding hydrogens is 557 g/mol. The Labute approximate surface area is 241 Å². The van der Waals surface area contributed by atoms with Crippen molar-refractivity contribution in [3.05, 3.63) is 82.1 Å². The van der Waals surface area contributed by atoms with Gasteiger partial charge in [0.2, 0.25) is 5.91 Å². The number of aliphatic hydroxyl groups is 1. The standard InChI is InChI=1S/C31H32ClF3N2O4/c1-17-24-20(25-21(28(36)38)15-22(32)27(26(25)33)40-29(34)35)9-6-10-23(24)41-31(17,18-7-4-3-5-8-18)16-37-19-11-13-30(2,39)14-12-19/h3-10,15,17,19,29,37,39H,11-14,16H2,1-2H3,(H2,36,38)/t17-,19?,30?,31-/m0/s1. The van der Waals surface area contributed by atoms with Crippen LogP contribution in [0.5, 0.6) is 11.5 Å². The van der Waals surface area contributed by atoms with E-state index in [4.69, 9.17) is 22.1 Å². The highest BCUT2D eigenvalue weighted by atomic mass is 35.5. The van der Waals surface area contributed by atoms with Crippen LogP contribution in [0.25, 0.3) is 11.1 Å². The van der Waals surface area contributed by atoms with Gasteiger partial charge in [0.25, 0.3) is 0 Å². The van der Waals surface area contributed by atoms with Crippen LogP contribution in [-0.2, 0) is 5.60 Å². The number of halogens is 4. The quantitative estimate of drug-likeness (QED) is 0.278. The molecule has 0 aromatic heterocycles. The minimum Gasteiger partial charge on any atom is -0.480 e. The number of ether oxygens (including phenoxy) is 2. The third-order valence-electron chi connectivity index (χ3n) is 8.39. The first kappa shape index (κ1) is 29.2. The summed E-state index contributed by atoms with van der Waals surface area (Å²) in [5.41, 5.74) is 5.21. The van der Waals surface area contributed by atoms with Crippen molar-refractivity contribution in [1.82, 2.24) is 5.32 Å². The Balaban J connectivity index is 1.61. The number of hydrogen-bond donors (Lipinski definition) is 3. The Morgan fingerprint density at radius 2 is 1.88 bits per heavy atom. The van der Waals surface area contributed by atoms with Crippen LogP contribution in [-0.4, -0.2) is 35.8 Å². The van der Waals surface area contributed by atoms with Crippen molar-refractivity contribution in [1.29, 1.82) is 0 Å². The highest BCUT2D eigenvalue weighted by molar-refractivity contribution is 6.32. The molecule has 2 aliphatic rings. The molecule has 5 rings (SSSR count). The third-order valence-corrected chi connectivity index (χ3v) is 8.67. The number of amides is 1. The summed E-state index contributed by atoms with van der Waals surface area (Å²) in [6.07, 6.45) is 2.96. The average Bonchev–Trinajstić information content (AvgIpc) is 3.23. The molecule has 1 heterocycles. The monoisotopic (exact) mass is 588 g/mol. The van der Waals surface area contributed by atoms with Crippen LogP contribution >= 0.6 is 11.6 Å². The van der Waals surface area contributed by atoms with E-state index in [9.17, 15) is 18.7 Å². The van der Waals surface area contributed by atoms with E-state index in [0.29, 0.717) is 30.7 Å². The number of nitrogens with two attached hydrogens (primary N) is 1. The first-order valence-electron chi connectivity index (χ1n) is 13.5. The molecule has 10 heteroatoms. The minimum atomic E-state index is -3.33. The fourth-order valence-electron chi connectivity index (χ4n) is 6.13. The van der Waals surface area contributed by atoms with Gasteiger partial charge in [-0.2, -0.15) is 8.78 Å². The molecule has 1 aliphatic carbocycles. The van der Waals surface area contributed by atoms with Gasteiger partial charge in [-0.1, -0.05) is 61.0 Å². The molecule has 0 radical (unpaired) electrons. The molecule has 3 aromatic carbocycles. The topological polar surface area (TPSA) is 93.8 Å². The van der Waals surface area contributed by atoms with Crippen molar-refractivity contribution < 1.29 is 32.5 Å². The second-order valence-corrected chi connectivity index (χ2v) is 11.5. The molecule has 1 fully saturated rings. The molecule has 3 aromatic rings. The average molecular weight is 589 g/mol. The summed E-state index contributed by atoms with van der Waals surface area (Å²) in [6, 6.07) is 15.9. The van der Waals surface area contributed by atoms with Gasteiger partial charge < -0.3 is 25.6 Å². The van der Waals surface area contributed by atoms with Crippen LogP contribution < -0.4 is 20.5 Å². The molecule has 41 heavy (non-hydrogen) atoms. The Bertz CT molecular complexity index is 1440. The Kier molecular flexibility index (Phi) is 7.98. The van der Waals surface area contributed by atoms with Gasteiger partial charge in [0.15, 0.2) is 17.2 Å². The molecule has 0 spiro atoms. The molecule has 1 saturated carbocycles. The van der Waals surface area contributed by atoms with Gasteiger partial charge in [-0.3, -0.25) is 4.79 Å². The lowest BCUT2D eigenvalue weighted by Crippen LogP contribution is -2.49. The molecule has 6 nitrogen and oxygen atoms in total. The Hall–Kier alpha value is -3.27. The zero-order valence-electron chi connectivity index (χ0n) is 22.7. The van der Waals surface area contributed by atoms with Crippen LogP contribution in [0, 0.1) is 5.82 Å². The number of primary amides is 1. The van der Waals surface area contributed by atoms with Crippen LogP contribution in [0.1, 0.15) is 66.9 Å². The molecule has 0 saturated heterocycles. The number of benzene rings is 3. The van der Waals surface area contributed by atoms with Crippen molar-refractivity contribution in [3.63, 3.8) is 0 Å². The summed E-state index contributed by atoms with van der Waals surface area (Å²) in [7, 11) is 0. The lowest BCUT2D eigenvalue weighted by Gasteiger charge is -2.38. The zero-order chi connectivity index (χ0) is 29.5.